The van der Waals surface area contributed by atoms with Crippen molar-refractivity contribution in [3.8, 4) is 0 Å². The Morgan fingerprint density at radius 2 is 1.92 bits per heavy atom. The molecular weight excluding hydrogens is 158 g/mol. The van der Waals surface area contributed by atoms with E-state index in [-0.39, 0.29) is 0 Å². The molecule has 0 unspecified atom stereocenters. The molecule has 1 heterocycles. The molecule has 1 saturated heterocycles. The molecule has 0 bridgehead atoms. The Kier molecular flexibility index (Phi) is 2.12. The summed E-state index contributed by atoms with van der Waals surface area (Å²) in [5, 5.41) is 3.65. The van der Waals surface area contributed by atoms with Gasteiger partial charge < -0.3 is 5.32 Å². The van der Waals surface area contributed by atoms with Crippen LogP contribution in [-0.4, -0.2) is 5.54 Å². The Hall–Kier alpha value is -0.820. The molecule has 1 atom stereocenters. The van der Waals surface area contributed by atoms with Crippen molar-refractivity contribution in [2.24, 2.45) is 0 Å². The van der Waals surface area contributed by atoms with Gasteiger partial charge in [-0.05, 0) is 32.3 Å². The average molecular weight is 175 g/mol. The Morgan fingerprint density at radius 3 is 2.46 bits per heavy atom. The van der Waals surface area contributed by atoms with E-state index in [0.29, 0.717) is 11.6 Å². The van der Waals surface area contributed by atoms with Crippen molar-refractivity contribution in [1.82, 2.24) is 5.32 Å². The van der Waals surface area contributed by atoms with E-state index in [9.17, 15) is 0 Å². The lowest BCUT2D eigenvalue weighted by molar-refractivity contribution is 0.433. The highest BCUT2D eigenvalue weighted by Gasteiger charge is 2.30. The lowest BCUT2D eigenvalue weighted by atomic mass is 10.0. The lowest BCUT2D eigenvalue weighted by Gasteiger charge is -2.20. The number of hydrogen-bond donors (Lipinski definition) is 1. The van der Waals surface area contributed by atoms with E-state index in [1.165, 1.54) is 18.4 Å². The summed E-state index contributed by atoms with van der Waals surface area (Å²) in [6, 6.07) is 11.3. The maximum absolute atomic E-state index is 3.65. The minimum absolute atomic E-state index is 0.320. The van der Waals surface area contributed by atoms with Gasteiger partial charge in [-0.25, -0.2) is 0 Å². The molecule has 1 aromatic rings. The van der Waals surface area contributed by atoms with Crippen molar-refractivity contribution >= 4 is 0 Å². The van der Waals surface area contributed by atoms with Crippen molar-refractivity contribution < 1.29 is 0 Å². The molecular formula is C12H17N. The zero-order valence-electron chi connectivity index (χ0n) is 8.38. The van der Waals surface area contributed by atoms with Crippen LogP contribution in [0, 0.1) is 0 Å². The van der Waals surface area contributed by atoms with Crippen LogP contribution in [0.2, 0.25) is 0 Å². The fourth-order valence-corrected chi connectivity index (χ4v) is 2.06. The highest BCUT2D eigenvalue weighted by molar-refractivity contribution is 5.20. The third-order valence-corrected chi connectivity index (χ3v) is 2.82. The normalized spacial score (nSPS) is 26.2. The number of benzene rings is 1. The van der Waals surface area contributed by atoms with E-state index >= 15 is 0 Å². The van der Waals surface area contributed by atoms with Gasteiger partial charge in [-0.2, -0.15) is 0 Å². The fourth-order valence-electron chi connectivity index (χ4n) is 2.06. The van der Waals surface area contributed by atoms with E-state index in [0.717, 1.165) is 0 Å². The second kappa shape index (κ2) is 3.15. The number of nitrogens with one attached hydrogen (secondary N) is 1. The van der Waals surface area contributed by atoms with Crippen molar-refractivity contribution in [2.75, 3.05) is 0 Å². The molecule has 0 radical (unpaired) electrons. The molecule has 70 valence electrons. The molecule has 1 nitrogen and oxygen atoms in total. The van der Waals surface area contributed by atoms with Gasteiger partial charge in [0, 0.05) is 11.6 Å². The highest BCUT2D eigenvalue weighted by Crippen LogP contribution is 2.31. The molecule has 0 amide bonds. The zero-order valence-corrected chi connectivity index (χ0v) is 8.38. The lowest BCUT2D eigenvalue weighted by Crippen LogP contribution is -2.33. The zero-order chi connectivity index (χ0) is 9.31. The summed E-state index contributed by atoms with van der Waals surface area (Å²) in [6.07, 6.45) is 2.53. The molecule has 0 aromatic heterocycles. The van der Waals surface area contributed by atoms with Crippen LogP contribution in [0.5, 0.6) is 0 Å². The highest BCUT2D eigenvalue weighted by atomic mass is 15.0. The van der Waals surface area contributed by atoms with Gasteiger partial charge in [0.25, 0.3) is 0 Å². The van der Waals surface area contributed by atoms with Gasteiger partial charge in [-0.3, -0.25) is 0 Å². The van der Waals surface area contributed by atoms with Crippen LogP contribution in [0.4, 0.5) is 0 Å². The van der Waals surface area contributed by atoms with E-state index in [4.69, 9.17) is 0 Å². The van der Waals surface area contributed by atoms with Crippen molar-refractivity contribution in [1.29, 1.82) is 0 Å². The summed E-state index contributed by atoms with van der Waals surface area (Å²) < 4.78 is 0. The van der Waals surface area contributed by atoms with Crippen LogP contribution >= 0.6 is 0 Å². The van der Waals surface area contributed by atoms with Crippen LogP contribution in [-0.2, 0) is 0 Å². The summed E-state index contributed by atoms with van der Waals surface area (Å²) in [6.45, 7) is 4.55. The Labute approximate surface area is 80.2 Å². The molecule has 1 aliphatic heterocycles. The van der Waals surface area contributed by atoms with Crippen LogP contribution in [0.25, 0.3) is 0 Å². The second-order valence-corrected chi connectivity index (χ2v) is 4.53. The van der Waals surface area contributed by atoms with Gasteiger partial charge in [-0.1, -0.05) is 30.3 Å². The molecule has 0 spiro atoms. The molecule has 0 aliphatic carbocycles. The van der Waals surface area contributed by atoms with E-state index in [1.807, 2.05) is 0 Å². The molecule has 1 N–H and O–H groups in total. The van der Waals surface area contributed by atoms with Gasteiger partial charge in [0.15, 0.2) is 0 Å². The fraction of sp³-hybridized carbons (Fsp3) is 0.500. The first-order valence-electron chi connectivity index (χ1n) is 5.00. The topological polar surface area (TPSA) is 12.0 Å². The maximum Gasteiger partial charge on any atom is 0.0325 e. The molecule has 1 aromatic carbocycles. The maximum atomic E-state index is 3.65. The molecule has 0 saturated carbocycles. The van der Waals surface area contributed by atoms with Crippen molar-refractivity contribution in [3.63, 3.8) is 0 Å². The predicted molar refractivity (Wildman–Crippen MR) is 55.6 cm³/mol. The third kappa shape index (κ3) is 1.92. The molecule has 1 fully saturated rings. The van der Waals surface area contributed by atoms with Gasteiger partial charge in [0.05, 0.1) is 0 Å². The summed E-state index contributed by atoms with van der Waals surface area (Å²) in [4.78, 5) is 0. The van der Waals surface area contributed by atoms with Crippen molar-refractivity contribution in [2.45, 2.75) is 38.3 Å². The molecule has 13 heavy (non-hydrogen) atoms. The van der Waals surface area contributed by atoms with Crippen LogP contribution in [0.15, 0.2) is 30.3 Å². The van der Waals surface area contributed by atoms with E-state index in [2.05, 4.69) is 49.5 Å². The smallest absolute Gasteiger partial charge is 0.0325 e. The summed E-state index contributed by atoms with van der Waals surface area (Å²) in [7, 11) is 0. The SMILES string of the molecule is CC1(C)CC[C@H](c2ccccc2)N1. The summed E-state index contributed by atoms with van der Waals surface area (Å²) in [5.74, 6) is 0. The first-order valence-corrected chi connectivity index (χ1v) is 5.00. The Balaban J connectivity index is 2.13. The monoisotopic (exact) mass is 175 g/mol. The quantitative estimate of drug-likeness (QED) is 0.692. The second-order valence-electron chi connectivity index (χ2n) is 4.53. The molecule has 1 heteroatoms. The minimum atomic E-state index is 0.320. The largest absolute Gasteiger partial charge is 0.305 e. The van der Waals surface area contributed by atoms with Gasteiger partial charge >= 0.3 is 0 Å². The Morgan fingerprint density at radius 1 is 1.23 bits per heavy atom. The van der Waals surface area contributed by atoms with E-state index in [1.54, 1.807) is 0 Å². The van der Waals surface area contributed by atoms with Crippen molar-refractivity contribution in [3.05, 3.63) is 35.9 Å². The third-order valence-electron chi connectivity index (χ3n) is 2.82. The van der Waals surface area contributed by atoms with Crippen LogP contribution in [0.1, 0.15) is 38.3 Å². The number of hydrogen-bond acceptors (Lipinski definition) is 1. The summed E-state index contributed by atoms with van der Waals surface area (Å²) >= 11 is 0. The summed E-state index contributed by atoms with van der Waals surface area (Å²) in [5.41, 5.74) is 1.74. The predicted octanol–water partition coefficient (Wildman–Crippen LogP) is 2.89. The van der Waals surface area contributed by atoms with Crippen LogP contribution in [0.3, 0.4) is 0 Å². The first-order chi connectivity index (χ1) is 6.17. The number of rotatable bonds is 1. The minimum Gasteiger partial charge on any atom is -0.305 e. The molecule has 1 aliphatic rings. The van der Waals surface area contributed by atoms with Crippen LogP contribution < -0.4 is 5.32 Å². The van der Waals surface area contributed by atoms with Gasteiger partial charge in [-0.15, -0.1) is 0 Å². The Bertz CT molecular complexity index is 276. The van der Waals surface area contributed by atoms with Gasteiger partial charge in [0.2, 0.25) is 0 Å². The molecule has 2 rings (SSSR count). The standard InChI is InChI=1S/C12H17N/c1-12(2)9-8-11(13-12)10-6-4-3-5-7-10/h3-7,11,13H,8-9H2,1-2H3/t11-/m1/s1. The van der Waals surface area contributed by atoms with Gasteiger partial charge in [0.1, 0.15) is 0 Å². The van der Waals surface area contributed by atoms with E-state index < -0.39 is 0 Å². The first kappa shape index (κ1) is 8.76. The average Bonchev–Trinajstić information content (AvgIpc) is 2.48.